The van der Waals surface area contributed by atoms with E-state index >= 15 is 0 Å². The largest absolute Gasteiger partial charge is 0.357 e. The second kappa shape index (κ2) is 9.33. The summed E-state index contributed by atoms with van der Waals surface area (Å²) >= 11 is 2.07. The molecule has 2 N–H and O–H groups in total. The number of nitrogens with zero attached hydrogens (tertiary/aromatic N) is 2. The summed E-state index contributed by atoms with van der Waals surface area (Å²) in [7, 11) is 0. The number of nitrogens with one attached hydrogen (secondary N) is 2. The van der Waals surface area contributed by atoms with Crippen molar-refractivity contribution in [2.75, 3.05) is 38.5 Å². The lowest BCUT2D eigenvalue weighted by Gasteiger charge is -2.28. The molecule has 24 heavy (non-hydrogen) atoms. The van der Waals surface area contributed by atoms with Crippen LogP contribution in [0.2, 0.25) is 0 Å². The van der Waals surface area contributed by atoms with Gasteiger partial charge in [-0.1, -0.05) is 24.3 Å². The van der Waals surface area contributed by atoms with Crippen LogP contribution in [0.1, 0.15) is 30.9 Å². The fourth-order valence-corrected chi connectivity index (χ4v) is 4.58. The third-order valence-electron chi connectivity index (χ3n) is 4.75. The van der Waals surface area contributed by atoms with Crippen LogP contribution in [-0.2, 0) is 13.0 Å². The summed E-state index contributed by atoms with van der Waals surface area (Å²) in [5, 5.41) is 7.60. The maximum absolute atomic E-state index is 4.77. The molecule has 1 unspecified atom stereocenters. The van der Waals surface area contributed by atoms with Gasteiger partial charge < -0.3 is 10.6 Å². The van der Waals surface area contributed by atoms with Gasteiger partial charge in [0.25, 0.3) is 0 Å². The second-order valence-electron chi connectivity index (χ2n) is 6.58. The minimum Gasteiger partial charge on any atom is -0.357 e. The average molecular weight is 347 g/mol. The minimum absolute atomic E-state index is 0.721. The molecule has 1 aromatic rings. The van der Waals surface area contributed by atoms with Crippen molar-refractivity contribution in [2.24, 2.45) is 4.99 Å². The molecule has 2 aliphatic heterocycles. The van der Waals surface area contributed by atoms with E-state index in [9.17, 15) is 0 Å². The Labute approximate surface area is 150 Å². The predicted molar refractivity (Wildman–Crippen MR) is 105 cm³/mol. The van der Waals surface area contributed by atoms with Gasteiger partial charge in [0, 0.05) is 38.0 Å². The zero-order valence-electron chi connectivity index (χ0n) is 14.8. The Morgan fingerprint density at radius 1 is 1.29 bits per heavy atom. The Hall–Kier alpha value is -1.20. The number of fused-ring (bicyclic) bond motifs is 1. The van der Waals surface area contributed by atoms with Crippen molar-refractivity contribution < 1.29 is 0 Å². The summed E-state index contributed by atoms with van der Waals surface area (Å²) in [6.07, 6.45) is 3.84. The van der Waals surface area contributed by atoms with Crippen molar-refractivity contribution in [3.63, 3.8) is 0 Å². The molecule has 0 radical (unpaired) electrons. The fraction of sp³-hybridized carbons (Fsp3) is 0.632. The molecule has 1 atom stereocenters. The lowest BCUT2D eigenvalue weighted by atomic mass is 10.00. The number of benzene rings is 1. The molecule has 1 fully saturated rings. The predicted octanol–water partition coefficient (Wildman–Crippen LogP) is 2.50. The van der Waals surface area contributed by atoms with Crippen molar-refractivity contribution in [1.82, 2.24) is 15.5 Å². The van der Waals surface area contributed by atoms with Gasteiger partial charge in [0.15, 0.2) is 5.96 Å². The van der Waals surface area contributed by atoms with Crippen LogP contribution < -0.4 is 10.6 Å². The van der Waals surface area contributed by atoms with Crippen molar-refractivity contribution in [1.29, 1.82) is 0 Å². The third-order valence-corrected chi connectivity index (χ3v) is 6.13. The van der Waals surface area contributed by atoms with Gasteiger partial charge in [0.05, 0.1) is 6.54 Å². The van der Waals surface area contributed by atoms with Gasteiger partial charge in [-0.3, -0.25) is 9.89 Å². The molecule has 132 valence electrons. The summed E-state index contributed by atoms with van der Waals surface area (Å²) in [4.78, 5) is 7.30. The molecule has 2 aliphatic rings. The third kappa shape index (κ3) is 5.15. The number of rotatable bonds is 6. The maximum Gasteiger partial charge on any atom is 0.191 e. The number of guanidine groups is 1. The lowest BCUT2D eigenvalue weighted by Crippen LogP contribution is -2.42. The highest BCUT2D eigenvalue weighted by molar-refractivity contribution is 8.00. The van der Waals surface area contributed by atoms with E-state index in [1.807, 2.05) is 0 Å². The number of aliphatic imine (C=N–C) groups is 1. The van der Waals surface area contributed by atoms with E-state index < -0.39 is 0 Å². The first-order valence-corrected chi connectivity index (χ1v) is 10.3. The number of thioether (sulfide) groups is 1. The van der Waals surface area contributed by atoms with Crippen LogP contribution in [0.3, 0.4) is 0 Å². The van der Waals surface area contributed by atoms with Crippen molar-refractivity contribution in [3.8, 4) is 0 Å². The average Bonchev–Trinajstić information content (AvgIpc) is 3.13. The van der Waals surface area contributed by atoms with Crippen LogP contribution in [0.15, 0.2) is 29.3 Å². The van der Waals surface area contributed by atoms with Gasteiger partial charge in [-0.25, -0.2) is 0 Å². The fourth-order valence-electron chi connectivity index (χ4n) is 3.40. The SMILES string of the molecule is CCNC(=NCC1CCCS1)NCCN1CCc2ccccc2C1. The summed E-state index contributed by atoms with van der Waals surface area (Å²) in [5.74, 6) is 2.28. The molecule has 0 saturated carbocycles. The van der Waals surface area contributed by atoms with E-state index in [0.717, 1.165) is 50.5 Å². The lowest BCUT2D eigenvalue weighted by molar-refractivity contribution is 0.258. The van der Waals surface area contributed by atoms with E-state index in [4.69, 9.17) is 4.99 Å². The van der Waals surface area contributed by atoms with Gasteiger partial charge in [0.2, 0.25) is 0 Å². The van der Waals surface area contributed by atoms with Gasteiger partial charge in [0.1, 0.15) is 0 Å². The molecule has 0 bridgehead atoms. The molecule has 1 aromatic carbocycles. The highest BCUT2D eigenvalue weighted by Crippen LogP contribution is 2.26. The summed E-state index contributed by atoms with van der Waals surface area (Å²) in [6, 6.07) is 8.83. The molecule has 0 amide bonds. The normalized spacial score (nSPS) is 21.5. The van der Waals surface area contributed by atoms with Crippen LogP contribution in [-0.4, -0.2) is 54.6 Å². The summed E-state index contributed by atoms with van der Waals surface area (Å²) in [5.41, 5.74) is 3.01. The minimum atomic E-state index is 0.721. The quantitative estimate of drug-likeness (QED) is 0.613. The Bertz CT molecular complexity index is 540. The molecular weight excluding hydrogens is 316 g/mol. The van der Waals surface area contributed by atoms with Crippen LogP contribution in [0.5, 0.6) is 0 Å². The zero-order chi connectivity index (χ0) is 16.6. The van der Waals surface area contributed by atoms with Gasteiger partial charge in [-0.05, 0) is 43.1 Å². The smallest absolute Gasteiger partial charge is 0.191 e. The van der Waals surface area contributed by atoms with Crippen molar-refractivity contribution in [3.05, 3.63) is 35.4 Å². The molecule has 0 spiro atoms. The number of hydrogen-bond donors (Lipinski definition) is 2. The van der Waals surface area contributed by atoms with Gasteiger partial charge in [-0.2, -0.15) is 11.8 Å². The van der Waals surface area contributed by atoms with E-state index in [2.05, 4.69) is 58.5 Å². The maximum atomic E-state index is 4.77. The molecular formula is C19H30N4S. The highest BCUT2D eigenvalue weighted by atomic mass is 32.2. The Kier molecular flexibility index (Phi) is 6.85. The topological polar surface area (TPSA) is 39.7 Å². The van der Waals surface area contributed by atoms with E-state index in [1.54, 1.807) is 0 Å². The molecule has 3 rings (SSSR count). The van der Waals surface area contributed by atoms with Crippen molar-refractivity contribution >= 4 is 17.7 Å². The summed E-state index contributed by atoms with van der Waals surface area (Å²) in [6.45, 7) is 8.24. The van der Waals surface area contributed by atoms with Gasteiger partial charge in [-0.15, -0.1) is 0 Å². The van der Waals surface area contributed by atoms with Crippen LogP contribution >= 0.6 is 11.8 Å². The monoisotopic (exact) mass is 346 g/mol. The van der Waals surface area contributed by atoms with Crippen LogP contribution in [0.4, 0.5) is 0 Å². The summed E-state index contributed by atoms with van der Waals surface area (Å²) < 4.78 is 0. The Morgan fingerprint density at radius 2 is 2.17 bits per heavy atom. The first-order valence-electron chi connectivity index (χ1n) is 9.28. The van der Waals surface area contributed by atoms with Crippen molar-refractivity contribution in [2.45, 2.75) is 38.0 Å². The number of hydrogen-bond acceptors (Lipinski definition) is 3. The van der Waals surface area contributed by atoms with Gasteiger partial charge >= 0.3 is 0 Å². The Balaban J connectivity index is 1.42. The van der Waals surface area contributed by atoms with Crippen LogP contribution in [0.25, 0.3) is 0 Å². The molecule has 0 aromatic heterocycles. The second-order valence-corrected chi connectivity index (χ2v) is 7.98. The highest BCUT2D eigenvalue weighted by Gasteiger charge is 2.16. The molecule has 0 aliphatic carbocycles. The Morgan fingerprint density at radius 3 is 2.96 bits per heavy atom. The molecule has 4 nitrogen and oxygen atoms in total. The van der Waals surface area contributed by atoms with E-state index in [-0.39, 0.29) is 0 Å². The molecule has 2 heterocycles. The molecule has 5 heteroatoms. The van der Waals surface area contributed by atoms with E-state index in [0.29, 0.717) is 0 Å². The first-order chi connectivity index (χ1) is 11.8. The van der Waals surface area contributed by atoms with Crippen LogP contribution in [0, 0.1) is 0 Å². The standard InChI is InChI=1S/C19H30N4S/c1-2-20-19(22-14-18-8-5-13-24-18)21-10-12-23-11-9-16-6-3-4-7-17(16)15-23/h3-4,6-7,18H,2,5,8-15H2,1H3,(H2,20,21,22). The zero-order valence-corrected chi connectivity index (χ0v) is 15.6. The van der Waals surface area contributed by atoms with E-state index in [1.165, 1.54) is 36.1 Å². The molecule has 1 saturated heterocycles. The first kappa shape index (κ1) is 17.6.